The molecule has 1 aromatic carbocycles. The maximum atomic E-state index is 12.0. The molecule has 0 bridgehead atoms. The highest BCUT2D eigenvalue weighted by molar-refractivity contribution is 6.30. The number of rotatable bonds is 2. The summed E-state index contributed by atoms with van der Waals surface area (Å²) in [7, 11) is 0. The van der Waals surface area contributed by atoms with Crippen LogP contribution < -0.4 is 10.1 Å². The number of halogens is 1. The standard InChI is InChI=1S/C12H10ClN3O2/c13-8-1-2-10-7(3-8)4-11(18-10)12(17)16-9-5-14-15-6-9/h1-3,5-6,11H,4H2,(H,14,15)(H,16,17)/t11-/m0/s1. The quantitative estimate of drug-likeness (QED) is 0.871. The predicted molar refractivity (Wildman–Crippen MR) is 66.8 cm³/mol. The molecule has 1 amide bonds. The first-order chi connectivity index (χ1) is 8.72. The Bertz CT molecular complexity index is 583. The van der Waals surface area contributed by atoms with E-state index in [0.29, 0.717) is 22.9 Å². The minimum atomic E-state index is -0.520. The SMILES string of the molecule is O=C(Nc1cn[nH]c1)[C@@H]1Cc2cc(Cl)ccc2O1. The third-order valence-corrected chi connectivity index (χ3v) is 2.99. The van der Waals surface area contributed by atoms with Crippen LogP contribution in [0.2, 0.25) is 5.02 Å². The van der Waals surface area contributed by atoms with E-state index in [1.54, 1.807) is 18.3 Å². The minimum absolute atomic E-state index is 0.191. The van der Waals surface area contributed by atoms with Gasteiger partial charge in [-0.25, -0.2) is 0 Å². The van der Waals surface area contributed by atoms with Gasteiger partial charge in [-0.3, -0.25) is 9.89 Å². The van der Waals surface area contributed by atoms with E-state index in [4.69, 9.17) is 16.3 Å². The topological polar surface area (TPSA) is 67.0 Å². The molecule has 18 heavy (non-hydrogen) atoms. The van der Waals surface area contributed by atoms with Crippen LogP contribution in [0.5, 0.6) is 5.75 Å². The number of ether oxygens (including phenoxy) is 1. The molecule has 3 rings (SSSR count). The number of aromatic amines is 1. The van der Waals surface area contributed by atoms with Crippen molar-refractivity contribution in [1.82, 2.24) is 10.2 Å². The van der Waals surface area contributed by atoms with E-state index in [0.717, 1.165) is 5.56 Å². The highest BCUT2D eigenvalue weighted by Crippen LogP contribution is 2.31. The maximum Gasteiger partial charge on any atom is 0.265 e. The number of aromatic nitrogens is 2. The fourth-order valence-corrected chi connectivity index (χ4v) is 2.10. The van der Waals surface area contributed by atoms with E-state index in [2.05, 4.69) is 15.5 Å². The Morgan fingerprint density at radius 2 is 2.44 bits per heavy atom. The van der Waals surface area contributed by atoms with Crippen molar-refractivity contribution in [3.05, 3.63) is 41.2 Å². The maximum absolute atomic E-state index is 12.0. The van der Waals surface area contributed by atoms with Crippen LogP contribution in [-0.4, -0.2) is 22.2 Å². The third kappa shape index (κ3) is 2.04. The summed E-state index contributed by atoms with van der Waals surface area (Å²) in [4.78, 5) is 12.0. The first kappa shape index (κ1) is 11.1. The van der Waals surface area contributed by atoms with Gasteiger partial charge in [0.05, 0.1) is 11.9 Å². The summed E-state index contributed by atoms with van der Waals surface area (Å²) in [5, 5.41) is 9.75. The summed E-state index contributed by atoms with van der Waals surface area (Å²) < 4.78 is 5.57. The van der Waals surface area contributed by atoms with Crippen LogP contribution in [-0.2, 0) is 11.2 Å². The van der Waals surface area contributed by atoms with Crippen LogP contribution in [0, 0.1) is 0 Å². The van der Waals surface area contributed by atoms with Crippen molar-refractivity contribution in [3.63, 3.8) is 0 Å². The van der Waals surface area contributed by atoms with Gasteiger partial charge in [0.15, 0.2) is 6.10 Å². The van der Waals surface area contributed by atoms with Gasteiger partial charge >= 0.3 is 0 Å². The van der Waals surface area contributed by atoms with E-state index in [9.17, 15) is 4.79 Å². The molecule has 92 valence electrons. The molecule has 2 aromatic rings. The van der Waals surface area contributed by atoms with E-state index >= 15 is 0 Å². The van der Waals surface area contributed by atoms with Crippen LogP contribution >= 0.6 is 11.6 Å². The lowest BCUT2D eigenvalue weighted by atomic mass is 10.1. The van der Waals surface area contributed by atoms with Crippen LogP contribution in [0.15, 0.2) is 30.6 Å². The predicted octanol–water partition coefficient (Wildman–Crippen LogP) is 2.01. The van der Waals surface area contributed by atoms with Gasteiger partial charge < -0.3 is 10.1 Å². The number of anilines is 1. The smallest absolute Gasteiger partial charge is 0.265 e. The van der Waals surface area contributed by atoms with E-state index in [1.807, 2.05) is 6.07 Å². The second-order valence-corrected chi connectivity index (χ2v) is 4.48. The fourth-order valence-electron chi connectivity index (χ4n) is 1.91. The Morgan fingerprint density at radius 1 is 1.56 bits per heavy atom. The zero-order valence-electron chi connectivity index (χ0n) is 9.31. The molecule has 1 atom stereocenters. The average Bonchev–Trinajstić information content (AvgIpc) is 2.96. The zero-order chi connectivity index (χ0) is 12.5. The van der Waals surface area contributed by atoms with E-state index < -0.39 is 6.10 Å². The molecule has 0 saturated heterocycles. The molecule has 1 aromatic heterocycles. The van der Waals surface area contributed by atoms with Gasteiger partial charge in [-0.05, 0) is 23.8 Å². The lowest BCUT2D eigenvalue weighted by Crippen LogP contribution is -2.31. The van der Waals surface area contributed by atoms with Crippen LogP contribution in [0.4, 0.5) is 5.69 Å². The summed E-state index contributed by atoms with van der Waals surface area (Å²) in [5.41, 5.74) is 1.58. The number of nitrogens with zero attached hydrogens (tertiary/aromatic N) is 1. The summed E-state index contributed by atoms with van der Waals surface area (Å²) in [6.07, 6.45) is 3.15. The molecule has 0 aliphatic carbocycles. The number of fused-ring (bicyclic) bond motifs is 1. The molecule has 2 heterocycles. The number of hydrogen-bond acceptors (Lipinski definition) is 3. The molecule has 1 aliphatic heterocycles. The van der Waals surface area contributed by atoms with Crippen molar-refractivity contribution in [2.75, 3.05) is 5.32 Å². The summed E-state index contributed by atoms with van der Waals surface area (Å²) in [6, 6.07) is 5.35. The Hall–Kier alpha value is -2.01. The molecule has 5 nitrogen and oxygen atoms in total. The molecule has 2 N–H and O–H groups in total. The largest absolute Gasteiger partial charge is 0.480 e. The zero-order valence-corrected chi connectivity index (χ0v) is 10.1. The molecule has 6 heteroatoms. The van der Waals surface area contributed by atoms with Crippen molar-refractivity contribution in [3.8, 4) is 5.75 Å². The van der Waals surface area contributed by atoms with Gasteiger partial charge in [0, 0.05) is 17.6 Å². The molecule has 0 unspecified atom stereocenters. The number of H-pyrrole nitrogens is 1. The number of hydrogen-bond donors (Lipinski definition) is 2. The first-order valence-corrected chi connectivity index (χ1v) is 5.85. The van der Waals surface area contributed by atoms with E-state index in [1.165, 1.54) is 6.20 Å². The summed E-state index contributed by atoms with van der Waals surface area (Å²) in [5.74, 6) is 0.524. The number of nitrogens with one attached hydrogen (secondary N) is 2. The lowest BCUT2D eigenvalue weighted by Gasteiger charge is -2.09. The third-order valence-electron chi connectivity index (χ3n) is 2.76. The number of carbonyl (C=O) groups excluding carboxylic acids is 1. The van der Waals surface area contributed by atoms with E-state index in [-0.39, 0.29) is 5.91 Å². The van der Waals surface area contributed by atoms with Crippen molar-refractivity contribution in [2.45, 2.75) is 12.5 Å². The second kappa shape index (κ2) is 4.34. The van der Waals surface area contributed by atoms with Crippen molar-refractivity contribution in [1.29, 1.82) is 0 Å². The van der Waals surface area contributed by atoms with Crippen LogP contribution in [0.25, 0.3) is 0 Å². The Kier molecular flexibility index (Phi) is 2.68. The normalized spacial score (nSPS) is 17.1. The number of carbonyl (C=O) groups is 1. The Labute approximate surface area is 108 Å². The number of amides is 1. The first-order valence-electron chi connectivity index (χ1n) is 5.47. The van der Waals surface area contributed by atoms with Crippen LogP contribution in [0.3, 0.4) is 0 Å². The lowest BCUT2D eigenvalue weighted by molar-refractivity contribution is -0.122. The van der Waals surface area contributed by atoms with Gasteiger partial charge in [-0.2, -0.15) is 5.10 Å². The van der Waals surface area contributed by atoms with Crippen molar-refractivity contribution < 1.29 is 9.53 Å². The molecule has 0 spiro atoms. The molecular weight excluding hydrogens is 254 g/mol. The monoisotopic (exact) mass is 263 g/mol. The second-order valence-electron chi connectivity index (χ2n) is 4.04. The fraction of sp³-hybridized carbons (Fsp3) is 0.167. The summed E-state index contributed by atoms with van der Waals surface area (Å²) in [6.45, 7) is 0. The molecule has 1 aliphatic rings. The molecule has 0 fully saturated rings. The van der Waals surface area contributed by atoms with Gasteiger partial charge in [0.1, 0.15) is 5.75 Å². The molecular formula is C12H10ClN3O2. The molecule has 0 radical (unpaired) electrons. The number of benzene rings is 1. The average molecular weight is 264 g/mol. The van der Waals surface area contributed by atoms with Gasteiger partial charge in [-0.1, -0.05) is 11.6 Å². The van der Waals surface area contributed by atoms with Gasteiger partial charge in [0.25, 0.3) is 5.91 Å². The Morgan fingerprint density at radius 3 is 3.22 bits per heavy atom. The van der Waals surface area contributed by atoms with Crippen molar-refractivity contribution >= 4 is 23.2 Å². The van der Waals surface area contributed by atoms with Crippen LogP contribution in [0.1, 0.15) is 5.56 Å². The molecule has 0 saturated carbocycles. The highest BCUT2D eigenvalue weighted by Gasteiger charge is 2.29. The van der Waals surface area contributed by atoms with Gasteiger partial charge in [-0.15, -0.1) is 0 Å². The highest BCUT2D eigenvalue weighted by atomic mass is 35.5. The minimum Gasteiger partial charge on any atom is -0.480 e. The Balaban J connectivity index is 1.72. The summed E-state index contributed by atoms with van der Waals surface area (Å²) >= 11 is 5.90. The van der Waals surface area contributed by atoms with Crippen molar-refractivity contribution in [2.24, 2.45) is 0 Å². The van der Waals surface area contributed by atoms with Gasteiger partial charge in [0.2, 0.25) is 0 Å².